The van der Waals surface area contributed by atoms with Crippen LogP contribution in [0.3, 0.4) is 0 Å². The number of nitrogens with zero attached hydrogens (tertiary/aromatic N) is 4. The van der Waals surface area contributed by atoms with Crippen LogP contribution in [0.25, 0.3) is 10.2 Å². The number of hydrogen-bond acceptors (Lipinski definition) is 7. The van der Waals surface area contributed by atoms with Crippen molar-refractivity contribution in [3.05, 3.63) is 29.3 Å². The highest BCUT2D eigenvalue weighted by atomic mass is 32.2. The molecule has 3 saturated heterocycles. The molecule has 1 amide bonds. The molecule has 31 heavy (non-hydrogen) atoms. The number of likely N-dealkylation sites (tertiary alicyclic amines) is 1. The maximum absolute atomic E-state index is 13.0. The van der Waals surface area contributed by atoms with Crippen LogP contribution in [0.4, 0.5) is 0 Å². The fourth-order valence-corrected chi connectivity index (χ4v) is 7.97. The van der Waals surface area contributed by atoms with E-state index < -0.39 is 9.84 Å². The number of fused-ring (bicyclic) bond motifs is 1. The Morgan fingerprint density at radius 2 is 1.90 bits per heavy atom. The summed E-state index contributed by atoms with van der Waals surface area (Å²) in [5.41, 5.74) is 1.05. The van der Waals surface area contributed by atoms with Crippen molar-refractivity contribution in [3.63, 3.8) is 0 Å². The molecule has 1 aromatic heterocycles. The van der Waals surface area contributed by atoms with Gasteiger partial charge in [0.25, 0.3) is 0 Å². The van der Waals surface area contributed by atoms with Crippen molar-refractivity contribution in [1.82, 2.24) is 19.7 Å². The van der Waals surface area contributed by atoms with Crippen LogP contribution in [-0.2, 0) is 14.6 Å². The third kappa shape index (κ3) is 4.79. The minimum atomic E-state index is -2.85. The summed E-state index contributed by atoms with van der Waals surface area (Å²) in [5, 5.41) is 1.15. The molecule has 2 aromatic rings. The summed E-state index contributed by atoms with van der Waals surface area (Å²) < 4.78 is 24.7. The van der Waals surface area contributed by atoms with E-state index in [4.69, 9.17) is 4.98 Å². The molecule has 0 radical (unpaired) electrons. The lowest BCUT2D eigenvalue weighted by Crippen LogP contribution is -2.53. The van der Waals surface area contributed by atoms with Gasteiger partial charge in [0, 0.05) is 51.2 Å². The average Bonchev–Trinajstić information content (AvgIpc) is 3.37. The number of para-hydroxylation sites is 1. The van der Waals surface area contributed by atoms with E-state index >= 15 is 0 Å². The molecule has 1 aromatic carbocycles. The normalized spacial score (nSPS) is 27.7. The van der Waals surface area contributed by atoms with E-state index in [-0.39, 0.29) is 11.9 Å². The summed E-state index contributed by atoms with van der Waals surface area (Å²) in [4.78, 5) is 24.4. The minimum Gasteiger partial charge on any atom is -0.341 e. The number of amides is 1. The zero-order chi connectivity index (χ0) is 21.4. The van der Waals surface area contributed by atoms with Crippen LogP contribution in [0.2, 0.25) is 0 Å². The van der Waals surface area contributed by atoms with E-state index in [2.05, 4.69) is 21.9 Å². The molecule has 3 fully saturated rings. The second kappa shape index (κ2) is 8.77. The quantitative estimate of drug-likeness (QED) is 0.690. The molecule has 0 N–H and O–H groups in total. The maximum Gasteiger partial charge on any atom is 0.236 e. The van der Waals surface area contributed by atoms with Gasteiger partial charge in [0.2, 0.25) is 5.91 Å². The second-order valence-corrected chi connectivity index (χ2v) is 12.4. The van der Waals surface area contributed by atoms with Gasteiger partial charge in [0.1, 0.15) is 0 Å². The van der Waals surface area contributed by atoms with Gasteiger partial charge in [-0.1, -0.05) is 12.1 Å². The Kier molecular flexibility index (Phi) is 6.02. The van der Waals surface area contributed by atoms with Gasteiger partial charge in [0.05, 0.1) is 33.3 Å². The molecule has 0 saturated carbocycles. The number of piperazine rings is 1. The first-order valence-electron chi connectivity index (χ1n) is 11.3. The third-order valence-corrected chi connectivity index (χ3v) is 9.87. The zero-order valence-corrected chi connectivity index (χ0v) is 19.4. The molecule has 0 bridgehead atoms. The van der Waals surface area contributed by atoms with Crippen molar-refractivity contribution in [1.29, 1.82) is 0 Å². The highest BCUT2D eigenvalue weighted by Gasteiger charge is 2.34. The third-order valence-electron chi connectivity index (χ3n) is 6.92. The first-order chi connectivity index (χ1) is 15.0. The Balaban J connectivity index is 1.14. The van der Waals surface area contributed by atoms with Crippen LogP contribution in [0.15, 0.2) is 24.3 Å². The molecule has 9 heteroatoms. The van der Waals surface area contributed by atoms with E-state index in [0.29, 0.717) is 24.0 Å². The van der Waals surface area contributed by atoms with Gasteiger partial charge in [-0.2, -0.15) is 0 Å². The Morgan fingerprint density at radius 3 is 2.65 bits per heavy atom. The highest BCUT2D eigenvalue weighted by molar-refractivity contribution is 7.91. The molecule has 3 aliphatic rings. The summed E-state index contributed by atoms with van der Waals surface area (Å²) in [5.74, 6) is 1.16. The number of hydrogen-bond donors (Lipinski definition) is 0. The van der Waals surface area contributed by atoms with Gasteiger partial charge in [-0.15, -0.1) is 11.3 Å². The number of piperidine rings is 1. The lowest BCUT2D eigenvalue weighted by molar-refractivity contribution is -0.134. The number of rotatable bonds is 4. The van der Waals surface area contributed by atoms with Gasteiger partial charge >= 0.3 is 0 Å². The monoisotopic (exact) mass is 462 g/mol. The number of carbonyl (C=O) groups excluding carboxylic acids is 1. The average molecular weight is 463 g/mol. The molecule has 168 valence electrons. The van der Waals surface area contributed by atoms with Crippen LogP contribution < -0.4 is 0 Å². The lowest BCUT2D eigenvalue weighted by atomic mass is 9.98. The molecule has 0 unspecified atom stereocenters. The highest BCUT2D eigenvalue weighted by Crippen LogP contribution is 2.33. The Labute approximate surface area is 187 Å². The number of aromatic nitrogens is 1. The lowest BCUT2D eigenvalue weighted by Gasteiger charge is -2.39. The van der Waals surface area contributed by atoms with Crippen molar-refractivity contribution in [2.75, 3.05) is 57.3 Å². The molecule has 7 nitrogen and oxygen atoms in total. The number of thiazole rings is 1. The van der Waals surface area contributed by atoms with Crippen LogP contribution in [0.1, 0.15) is 30.2 Å². The number of carbonyl (C=O) groups is 1. The standard InChI is InChI=1S/C22H30N4O3S2/c27-21(15-24-9-11-25(12-10-24)18-7-13-31(28,29)16-18)26-8-3-4-17(14-26)22-23-19-5-1-2-6-20(19)30-22/h1-2,5-6,17-18H,3-4,7-16H2/t17-,18+/m0/s1. The van der Waals surface area contributed by atoms with Crippen LogP contribution in [0.5, 0.6) is 0 Å². The van der Waals surface area contributed by atoms with Gasteiger partial charge in [0.15, 0.2) is 9.84 Å². The van der Waals surface area contributed by atoms with E-state index in [0.717, 1.165) is 69.1 Å². The zero-order valence-electron chi connectivity index (χ0n) is 17.8. The molecule has 4 heterocycles. The molecule has 0 spiro atoms. The topological polar surface area (TPSA) is 73.8 Å². The van der Waals surface area contributed by atoms with Gasteiger partial charge in [-0.05, 0) is 31.4 Å². The van der Waals surface area contributed by atoms with E-state index in [1.807, 2.05) is 17.0 Å². The number of sulfone groups is 1. The fourth-order valence-electron chi connectivity index (χ4n) is 5.11. The summed E-state index contributed by atoms with van der Waals surface area (Å²) in [6.07, 6.45) is 2.87. The van der Waals surface area contributed by atoms with Crippen molar-refractivity contribution in [2.45, 2.75) is 31.2 Å². The van der Waals surface area contributed by atoms with Gasteiger partial charge in [-0.3, -0.25) is 14.6 Å². The largest absolute Gasteiger partial charge is 0.341 e. The first kappa shape index (κ1) is 21.3. The van der Waals surface area contributed by atoms with Crippen LogP contribution in [-0.4, -0.2) is 97.4 Å². The smallest absolute Gasteiger partial charge is 0.236 e. The molecule has 0 aliphatic carbocycles. The predicted molar refractivity (Wildman–Crippen MR) is 123 cm³/mol. The summed E-state index contributed by atoms with van der Waals surface area (Å²) in [6, 6.07) is 8.41. The first-order valence-corrected chi connectivity index (χ1v) is 13.9. The van der Waals surface area contributed by atoms with Gasteiger partial charge < -0.3 is 4.90 Å². The van der Waals surface area contributed by atoms with Gasteiger partial charge in [-0.25, -0.2) is 13.4 Å². The summed E-state index contributed by atoms with van der Waals surface area (Å²) in [7, 11) is -2.85. The van der Waals surface area contributed by atoms with Crippen molar-refractivity contribution in [3.8, 4) is 0 Å². The van der Waals surface area contributed by atoms with Crippen LogP contribution >= 0.6 is 11.3 Å². The van der Waals surface area contributed by atoms with E-state index in [1.54, 1.807) is 11.3 Å². The predicted octanol–water partition coefficient (Wildman–Crippen LogP) is 1.81. The summed E-state index contributed by atoms with van der Waals surface area (Å²) >= 11 is 1.76. The Bertz CT molecular complexity index is 1010. The molecule has 2 atom stereocenters. The molecular weight excluding hydrogens is 432 g/mol. The number of benzene rings is 1. The molecular formula is C22H30N4O3S2. The molecule has 5 rings (SSSR count). The van der Waals surface area contributed by atoms with Crippen molar-refractivity contribution in [2.24, 2.45) is 0 Å². The summed E-state index contributed by atoms with van der Waals surface area (Å²) in [6.45, 7) is 5.42. The minimum absolute atomic E-state index is 0.166. The van der Waals surface area contributed by atoms with Crippen molar-refractivity contribution < 1.29 is 13.2 Å². The van der Waals surface area contributed by atoms with E-state index in [9.17, 15) is 13.2 Å². The Morgan fingerprint density at radius 1 is 1.10 bits per heavy atom. The van der Waals surface area contributed by atoms with Crippen LogP contribution in [0, 0.1) is 0 Å². The molecule has 3 aliphatic heterocycles. The van der Waals surface area contributed by atoms with E-state index in [1.165, 1.54) is 4.70 Å². The maximum atomic E-state index is 13.0. The second-order valence-electron chi connectivity index (χ2n) is 9.07. The van der Waals surface area contributed by atoms with Crippen molar-refractivity contribution >= 4 is 37.3 Å². The SMILES string of the molecule is O=C(CN1CCN([C@@H]2CCS(=O)(=O)C2)CC1)N1CCC[C@H](c2nc3ccccc3s2)C1. The fraction of sp³-hybridized carbons (Fsp3) is 0.636. The Hall–Kier alpha value is -1.55.